The van der Waals surface area contributed by atoms with E-state index in [9.17, 15) is 4.79 Å². The number of aromatic nitrogens is 3. The van der Waals surface area contributed by atoms with Crippen LogP contribution in [0.2, 0.25) is 0 Å². The van der Waals surface area contributed by atoms with Gasteiger partial charge < -0.3 is 9.88 Å². The van der Waals surface area contributed by atoms with Crippen molar-refractivity contribution in [2.24, 2.45) is 0 Å². The second kappa shape index (κ2) is 5.73. The van der Waals surface area contributed by atoms with Gasteiger partial charge in [0.15, 0.2) is 4.96 Å². The molecular weight excluding hydrogens is 308 g/mol. The van der Waals surface area contributed by atoms with E-state index in [1.165, 1.54) is 0 Å². The standard InChI is InChI=1S/C17H14N4OS/c22-16(11-14-12-21-8-9-23-17(21)19-14)18-13-4-3-5-15(10-13)20-6-1-2-7-20/h1-10,12H,11H2,(H,18,22). The smallest absolute Gasteiger partial charge is 0.230 e. The predicted molar refractivity (Wildman–Crippen MR) is 91.2 cm³/mol. The van der Waals surface area contributed by atoms with Gasteiger partial charge in [-0.05, 0) is 30.3 Å². The first kappa shape index (κ1) is 13.8. The molecule has 0 fully saturated rings. The Bertz CT molecular complexity index is 923. The lowest BCUT2D eigenvalue weighted by Gasteiger charge is -2.07. The van der Waals surface area contributed by atoms with Crippen LogP contribution in [0.3, 0.4) is 0 Å². The molecule has 0 saturated carbocycles. The monoisotopic (exact) mass is 322 g/mol. The maximum absolute atomic E-state index is 12.2. The van der Waals surface area contributed by atoms with Crippen LogP contribution in [0.4, 0.5) is 5.69 Å². The Morgan fingerprint density at radius 2 is 2.04 bits per heavy atom. The first-order valence-corrected chi connectivity index (χ1v) is 8.10. The molecule has 4 aromatic rings. The molecule has 1 amide bonds. The Labute approximate surface area is 136 Å². The molecule has 6 heteroatoms. The number of hydrogen-bond donors (Lipinski definition) is 1. The summed E-state index contributed by atoms with van der Waals surface area (Å²) in [7, 11) is 0. The van der Waals surface area contributed by atoms with Crippen LogP contribution in [0.5, 0.6) is 0 Å². The lowest BCUT2D eigenvalue weighted by atomic mass is 10.2. The van der Waals surface area contributed by atoms with Crippen molar-refractivity contribution in [2.75, 3.05) is 5.32 Å². The summed E-state index contributed by atoms with van der Waals surface area (Å²) in [6, 6.07) is 11.7. The van der Waals surface area contributed by atoms with Gasteiger partial charge in [-0.25, -0.2) is 4.98 Å². The van der Waals surface area contributed by atoms with Crippen LogP contribution in [0.1, 0.15) is 5.69 Å². The van der Waals surface area contributed by atoms with Gasteiger partial charge in [-0.15, -0.1) is 11.3 Å². The number of hydrogen-bond acceptors (Lipinski definition) is 3. The minimum absolute atomic E-state index is 0.0691. The van der Waals surface area contributed by atoms with Gasteiger partial charge >= 0.3 is 0 Å². The van der Waals surface area contributed by atoms with Gasteiger partial charge in [-0.3, -0.25) is 9.20 Å². The van der Waals surface area contributed by atoms with Crippen LogP contribution in [0, 0.1) is 0 Å². The van der Waals surface area contributed by atoms with Crippen molar-refractivity contribution < 1.29 is 4.79 Å². The summed E-state index contributed by atoms with van der Waals surface area (Å²) < 4.78 is 3.93. The maximum atomic E-state index is 12.2. The number of fused-ring (bicyclic) bond motifs is 1. The van der Waals surface area contributed by atoms with E-state index in [1.807, 2.05) is 75.5 Å². The topological polar surface area (TPSA) is 51.3 Å². The molecule has 0 aliphatic heterocycles. The number of anilines is 1. The van der Waals surface area contributed by atoms with Crippen LogP contribution in [0.25, 0.3) is 10.6 Å². The molecule has 0 spiro atoms. The largest absolute Gasteiger partial charge is 0.326 e. The quantitative estimate of drug-likeness (QED) is 0.626. The van der Waals surface area contributed by atoms with Crippen molar-refractivity contribution in [1.29, 1.82) is 0 Å². The van der Waals surface area contributed by atoms with Gasteiger partial charge in [0.2, 0.25) is 5.91 Å². The van der Waals surface area contributed by atoms with E-state index >= 15 is 0 Å². The fourth-order valence-electron chi connectivity index (χ4n) is 2.48. The number of nitrogens with zero attached hydrogens (tertiary/aromatic N) is 3. The number of carbonyl (C=O) groups is 1. The highest BCUT2D eigenvalue weighted by atomic mass is 32.1. The highest BCUT2D eigenvalue weighted by Gasteiger charge is 2.09. The normalized spacial score (nSPS) is 11.0. The van der Waals surface area contributed by atoms with Crippen molar-refractivity contribution in [3.8, 4) is 5.69 Å². The second-order valence-corrected chi connectivity index (χ2v) is 6.06. The van der Waals surface area contributed by atoms with Crippen molar-refractivity contribution in [3.63, 3.8) is 0 Å². The molecule has 0 unspecified atom stereocenters. The number of imidazole rings is 1. The fourth-order valence-corrected chi connectivity index (χ4v) is 3.20. The predicted octanol–water partition coefficient (Wildman–Crippen LogP) is 3.37. The van der Waals surface area contributed by atoms with Gasteiger partial charge in [-0.1, -0.05) is 6.07 Å². The van der Waals surface area contributed by atoms with Crippen LogP contribution in [0.15, 0.2) is 66.6 Å². The highest BCUT2D eigenvalue weighted by Crippen LogP contribution is 2.16. The SMILES string of the molecule is O=C(Cc1cn2ccsc2n1)Nc1cccc(-n2cccc2)c1. The molecule has 1 aromatic carbocycles. The van der Waals surface area contributed by atoms with E-state index in [0.717, 1.165) is 22.0 Å². The summed E-state index contributed by atoms with van der Waals surface area (Å²) in [5.74, 6) is -0.0691. The number of rotatable bonds is 4. The van der Waals surface area contributed by atoms with E-state index in [1.54, 1.807) is 11.3 Å². The first-order chi connectivity index (χ1) is 11.3. The summed E-state index contributed by atoms with van der Waals surface area (Å²) >= 11 is 1.56. The number of benzene rings is 1. The lowest BCUT2D eigenvalue weighted by Crippen LogP contribution is -2.14. The van der Waals surface area contributed by atoms with Gasteiger partial charge in [0.05, 0.1) is 12.1 Å². The van der Waals surface area contributed by atoms with E-state index < -0.39 is 0 Å². The minimum Gasteiger partial charge on any atom is -0.326 e. The Morgan fingerprint density at radius 1 is 1.17 bits per heavy atom. The summed E-state index contributed by atoms with van der Waals surface area (Å²) in [5, 5.41) is 4.90. The molecule has 1 N–H and O–H groups in total. The Morgan fingerprint density at radius 3 is 2.87 bits per heavy atom. The third-order valence-corrected chi connectivity index (χ3v) is 4.29. The third kappa shape index (κ3) is 2.89. The van der Waals surface area contributed by atoms with Gasteiger partial charge in [0, 0.05) is 41.5 Å². The molecular formula is C17H14N4OS. The van der Waals surface area contributed by atoms with E-state index in [4.69, 9.17) is 0 Å². The van der Waals surface area contributed by atoms with E-state index in [-0.39, 0.29) is 12.3 Å². The molecule has 0 saturated heterocycles. The molecule has 0 aliphatic rings. The van der Waals surface area contributed by atoms with Crippen LogP contribution in [-0.4, -0.2) is 19.9 Å². The molecule has 0 bridgehead atoms. The Kier molecular flexibility index (Phi) is 3.44. The molecule has 5 nitrogen and oxygen atoms in total. The fraction of sp³-hybridized carbons (Fsp3) is 0.0588. The molecule has 3 aromatic heterocycles. The molecule has 114 valence electrons. The zero-order chi connectivity index (χ0) is 15.6. The number of thiazole rings is 1. The zero-order valence-electron chi connectivity index (χ0n) is 12.2. The molecule has 0 atom stereocenters. The van der Waals surface area contributed by atoms with Crippen molar-refractivity contribution in [2.45, 2.75) is 6.42 Å². The Balaban J connectivity index is 1.48. The summed E-state index contributed by atoms with van der Waals surface area (Å²) in [4.78, 5) is 17.5. The highest BCUT2D eigenvalue weighted by molar-refractivity contribution is 7.15. The molecule has 4 rings (SSSR count). The third-order valence-electron chi connectivity index (χ3n) is 3.52. The van der Waals surface area contributed by atoms with Crippen LogP contribution >= 0.6 is 11.3 Å². The van der Waals surface area contributed by atoms with E-state index in [0.29, 0.717) is 0 Å². The van der Waals surface area contributed by atoms with Crippen molar-refractivity contribution in [3.05, 3.63) is 72.3 Å². The molecule has 0 aliphatic carbocycles. The van der Waals surface area contributed by atoms with Crippen molar-refractivity contribution in [1.82, 2.24) is 14.0 Å². The average Bonchev–Trinajstić information content (AvgIpc) is 3.24. The second-order valence-electron chi connectivity index (χ2n) is 5.19. The lowest BCUT2D eigenvalue weighted by molar-refractivity contribution is -0.115. The van der Waals surface area contributed by atoms with Gasteiger partial charge in [0.1, 0.15) is 0 Å². The number of nitrogens with one attached hydrogen (secondary N) is 1. The van der Waals surface area contributed by atoms with Crippen LogP contribution < -0.4 is 5.32 Å². The molecule has 3 heterocycles. The number of carbonyl (C=O) groups excluding carboxylic acids is 1. The summed E-state index contributed by atoms with van der Waals surface area (Å²) in [6.07, 6.45) is 8.04. The Hall–Kier alpha value is -2.86. The molecule has 23 heavy (non-hydrogen) atoms. The summed E-state index contributed by atoms with van der Waals surface area (Å²) in [6.45, 7) is 0. The average molecular weight is 322 g/mol. The van der Waals surface area contributed by atoms with Gasteiger partial charge in [-0.2, -0.15) is 0 Å². The summed E-state index contributed by atoms with van der Waals surface area (Å²) in [5.41, 5.74) is 2.56. The zero-order valence-corrected chi connectivity index (χ0v) is 13.0. The molecule has 0 radical (unpaired) electrons. The van der Waals surface area contributed by atoms with Crippen molar-refractivity contribution >= 4 is 27.9 Å². The maximum Gasteiger partial charge on any atom is 0.230 e. The van der Waals surface area contributed by atoms with Gasteiger partial charge in [0.25, 0.3) is 0 Å². The minimum atomic E-state index is -0.0691. The van der Waals surface area contributed by atoms with E-state index in [2.05, 4.69) is 10.3 Å². The first-order valence-electron chi connectivity index (χ1n) is 7.22. The number of amides is 1. The van der Waals surface area contributed by atoms with Crippen LogP contribution in [-0.2, 0) is 11.2 Å².